The van der Waals surface area contributed by atoms with Gasteiger partial charge < -0.3 is 9.31 Å². The molecule has 1 aromatic carbocycles. The molecular formula is C19H31BO2Si3. The van der Waals surface area contributed by atoms with Crippen LogP contribution in [0, 0.1) is 0 Å². The predicted molar refractivity (Wildman–Crippen MR) is 114 cm³/mol. The zero-order valence-electron chi connectivity index (χ0n) is 17.2. The molecule has 6 heteroatoms. The molecule has 0 radical (unpaired) electrons. The molecule has 4 saturated carbocycles. The molecule has 0 unspecified atom stereocenters. The first-order valence-electron chi connectivity index (χ1n) is 9.75. The second-order valence-corrected chi connectivity index (χ2v) is 27.6. The predicted octanol–water partition coefficient (Wildman–Crippen LogP) is 5.96. The van der Waals surface area contributed by atoms with Gasteiger partial charge in [-0.2, -0.15) is 0 Å². The van der Waals surface area contributed by atoms with Gasteiger partial charge in [0.25, 0.3) is 0 Å². The zero-order chi connectivity index (χ0) is 18.5. The Labute approximate surface area is 155 Å². The molecule has 6 rings (SSSR count). The summed E-state index contributed by atoms with van der Waals surface area (Å²) in [6.07, 6.45) is 0. The van der Waals surface area contributed by atoms with Gasteiger partial charge in [-0.1, -0.05) is 71.1 Å². The number of hydrogen-bond donors (Lipinski definition) is 0. The van der Waals surface area contributed by atoms with Crippen LogP contribution in [-0.2, 0) is 0 Å². The van der Waals surface area contributed by atoms with E-state index in [4.69, 9.17) is 9.31 Å². The monoisotopic (exact) mass is 386 g/mol. The summed E-state index contributed by atoms with van der Waals surface area (Å²) in [5.41, 5.74) is 0. The maximum Gasteiger partial charge on any atom is 0.602 e. The molecule has 0 spiro atoms. The highest BCUT2D eigenvalue weighted by atomic mass is 28.3. The largest absolute Gasteiger partial charge is 0.602 e. The quantitative estimate of drug-likeness (QED) is 0.594. The minimum absolute atomic E-state index is 0.0323. The second-order valence-electron chi connectivity index (χ2n) is 11.8. The lowest BCUT2D eigenvalue weighted by Gasteiger charge is -2.20. The first-order valence-corrected chi connectivity index (χ1v) is 20.2. The zero-order valence-corrected chi connectivity index (χ0v) is 20.2. The van der Waals surface area contributed by atoms with Crippen LogP contribution < -0.4 is 9.31 Å². The lowest BCUT2D eigenvalue weighted by atomic mass is 9.80. The van der Waals surface area contributed by atoms with Crippen molar-refractivity contribution in [2.45, 2.75) is 79.4 Å². The smallest absolute Gasteiger partial charge is 0.523 e. The van der Waals surface area contributed by atoms with Gasteiger partial charge in [0.1, 0.15) is 11.5 Å². The van der Waals surface area contributed by atoms with E-state index in [0.717, 1.165) is 11.5 Å². The van der Waals surface area contributed by atoms with Crippen molar-refractivity contribution in [1.82, 2.24) is 0 Å². The van der Waals surface area contributed by atoms with Crippen molar-refractivity contribution in [3.05, 3.63) is 24.3 Å². The Kier molecular flexibility index (Phi) is 2.50. The van der Waals surface area contributed by atoms with E-state index in [1.807, 2.05) is 0 Å². The highest BCUT2D eigenvalue weighted by Crippen LogP contribution is 3.54. The van der Waals surface area contributed by atoms with Crippen LogP contribution in [0.3, 0.4) is 0 Å². The summed E-state index contributed by atoms with van der Waals surface area (Å²) < 4.78 is 13.0. The maximum absolute atomic E-state index is 6.50. The van der Waals surface area contributed by atoms with E-state index < -0.39 is 24.2 Å². The molecule has 4 aliphatic carbocycles. The molecule has 1 aromatic rings. The van der Waals surface area contributed by atoms with Crippen LogP contribution in [0.15, 0.2) is 24.3 Å². The molecule has 0 amide bonds. The van der Waals surface area contributed by atoms with E-state index in [1.165, 1.54) is 0 Å². The third-order valence-corrected chi connectivity index (χ3v) is 19.2. The maximum atomic E-state index is 6.50. The number of hydrogen-bond acceptors (Lipinski definition) is 2. The lowest BCUT2D eigenvalue weighted by Crippen LogP contribution is -2.29. The van der Waals surface area contributed by atoms with Crippen molar-refractivity contribution in [3.63, 3.8) is 0 Å². The molecule has 2 nitrogen and oxygen atoms in total. The van der Waals surface area contributed by atoms with Gasteiger partial charge in [-0.3, -0.25) is 0 Å². The molecular weight excluding hydrogens is 355 g/mol. The van der Waals surface area contributed by atoms with Crippen molar-refractivity contribution in [2.24, 2.45) is 0 Å². The minimum atomic E-state index is -1.33. The van der Waals surface area contributed by atoms with Gasteiger partial charge in [-0.05, 0) is 27.2 Å². The van der Waals surface area contributed by atoms with E-state index in [1.54, 1.807) is 0 Å². The second kappa shape index (κ2) is 3.74. The fourth-order valence-corrected chi connectivity index (χ4v) is 29.9. The summed E-state index contributed by atoms with van der Waals surface area (Å²) >= 11 is 0. The molecule has 0 atom stereocenters. The van der Waals surface area contributed by atoms with E-state index >= 15 is 0 Å². The van der Waals surface area contributed by atoms with Gasteiger partial charge >= 0.3 is 7.12 Å². The highest BCUT2D eigenvalue weighted by molar-refractivity contribution is 7.11. The van der Waals surface area contributed by atoms with Crippen molar-refractivity contribution in [1.29, 1.82) is 0 Å². The Bertz CT molecular complexity index is 720. The fraction of sp³-hybridized carbons (Fsp3) is 0.684. The first kappa shape index (κ1) is 16.7. The average molecular weight is 387 g/mol. The summed E-state index contributed by atoms with van der Waals surface area (Å²) in [4.78, 5) is 0. The van der Waals surface area contributed by atoms with Crippen molar-refractivity contribution in [2.75, 3.05) is 0 Å². The third-order valence-electron chi connectivity index (χ3n) is 8.26. The lowest BCUT2D eigenvalue weighted by molar-refractivity contribution is 0.491. The Morgan fingerprint density at radius 2 is 0.960 bits per heavy atom. The third kappa shape index (κ3) is 1.15. The fourth-order valence-electron chi connectivity index (χ4n) is 8.89. The van der Waals surface area contributed by atoms with Gasteiger partial charge in [-0.25, -0.2) is 0 Å². The molecule has 5 aliphatic rings. The Balaban J connectivity index is 1.66. The Hall–Kier alpha value is -0.464. The van der Waals surface area contributed by atoms with Crippen LogP contribution in [0.25, 0.3) is 0 Å². The summed E-state index contributed by atoms with van der Waals surface area (Å²) in [5, 5.41) is 2.09. The molecule has 134 valence electrons. The topological polar surface area (TPSA) is 18.5 Å². The van der Waals surface area contributed by atoms with Crippen LogP contribution >= 0.6 is 0 Å². The van der Waals surface area contributed by atoms with Crippen molar-refractivity contribution >= 4 is 31.3 Å². The van der Waals surface area contributed by atoms with Gasteiger partial charge in [-0.15, -0.1) is 0 Å². The van der Waals surface area contributed by atoms with Gasteiger partial charge in [0.2, 0.25) is 0 Å². The number of fused-ring (bicyclic) bond motifs is 1. The highest BCUT2D eigenvalue weighted by Gasteiger charge is 3.42. The van der Waals surface area contributed by atoms with E-state index in [2.05, 4.69) is 83.2 Å². The number of rotatable bonds is 4. The van der Waals surface area contributed by atoms with Crippen molar-refractivity contribution < 1.29 is 9.31 Å². The van der Waals surface area contributed by atoms with Crippen LogP contribution in [0.4, 0.5) is 0 Å². The summed E-state index contributed by atoms with van der Waals surface area (Å²) in [6.45, 7) is 23.5. The number of para-hydroxylation sites is 2. The molecule has 0 saturated heterocycles. The molecule has 1 heterocycles. The van der Waals surface area contributed by atoms with Gasteiger partial charge in [0, 0.05) is 5.31 Å². The molecule has 1 aliphatic heterocycles. The average Bonchev–Trinajstić information content (AvgIpc) is 3.30. The van der Waals surface area contributed by atoms with Crippen LogP contribution in [0.1, 0.15) is 0 Å². The number of benzene rings is 1. The van der Waals surface area contributed by atoms with Crippen LogP contribution in [-0.4, -0.2) is 31.3 Å². The van der Waals surface area contributed by atoms with Crippen LogP contribution in [0.2, 0.25) is 79.4 Å². The van der Waals surface area contributed by atoms with E-state index in [9.17, 15) is 0 Å². The summed E-state index contributed by atoms with van der Waals surface area (Å²) in [6, 6.07) is 8.27. The van der Waals surface area contributed by atoms with Gasteiger partial charge in [0.15, 0.2) is 0 Å². The molecule has 0 bridgehead atoms. The molecule has 25 heavy (non-hydrogen) atoms. The van der Waals surface area contributed by atoms with Gasteiger partial charge in [0.05, 0.1) is 24.2 Å². The minimum Gasteiger partial charge on any atom is -0.523 e. The van der Waals surface area contributed by atoms with Crippen LogP contribution in [0.5, 0.6) is 11.5 Å². The van der Waals surface area contributed by atoms with E-state index in [0.29, 0.717) is 20.4 Å². The Morgan fingerprint density at radius 3 is 1.24 bits per heavy atom. The Morgan fingerprint density at radius 1 is 0.640 bits per heavy atom. The molecule has 0 N–H and O–H groups in total. The van der Waals surface area contributed by atoms with E-state index in [-0.39, 0.29) is 7.12 Å². The summed E-state index contributed by atoms with van der Waals surface area (Å²) in [7, 11) is -4.04. The molecule has 4 fully saturated rings. The molecule has 0 aromatic heterocycles. The summed E-state index contributed by atoms with van der Waals surface area (Å²) in [5.74, 6) is 1.92. The first-order chi connectivity index (χ1) is 11.3. The normalized spacial score (nSPS) is 43.0. The SMILES string of the molecule is C[Si](C)(C)C12C3(B4Oc5ccccc5O4)C1([Si](C)(C)C)C32[Si](C)(C)C. The van der Waals surface area contributed by atoms with Crippen molar-refractivity contribution in [3.8, 4) is 11.5 Å². The standard InChI is InChI=1S/C19H31BO2Si3/c1-23(2,3)17-16(20-21-14-12-10-11-13-15(14)22-20)18(17,24(4,5)6)19(16,17)25(7,8)9/h10-13H,1-9H3.